The van der Waals surface area contributed by atoms with Gasteiger partial charge in [-0.15, -0.1) is 0 Å². The second kappa shape index (κ2) is 5.87. The molecule has 1 fully saturated rings. The largest absolute Gasteiger partial charge is 0.334 e. The van der Waals surface area contributed by atoms with Crippen LogP contribution in [0.3, 0.4) is 0 Å². The van der Waals surface area contributed by atoms with Crippen LogP contribution in [0.25, 0.3) is 0 Å². The molecule has 0 N–H and O–H groups in total. The Morgan fingerprint density at radius 3 is 3.00 bits per heavy atom. The van der Waals surface area contributed by atoms with Crippen LogP contribution in [-0.2, 0) is 7.05 Å². The van der Waals surface area contributed by atoms with Crippen molar-refractivity contribution in [3.63, 3.8) is 0 Å². The number of alkyl halides is 1. The zero-order valence-corrected chi connectivity index (χ0v) is 12.6. The highest BCUT2D eigenvalue weighted by atomic mass is 79.9. The fraction of sp³-hybridized carbons (Fsp3) is 0.692. The lowest BCUT2D eigenvalue weighted by atomic mass is 10.1. The van der Waals surface area contributed by atoms with Crippen LogP contribution in [0.5, 0.6) is 0 Å². The van der Waals surface area contributed by atoms with Gasteiger partial charge >= 0.3 is 0 Å². The van der Waals surface area contributed by atoms with Crippen LogP contribution in [0, 0.1) is 6.92 Å². The van der Waals surface area contributed by atoms with Crippen LogP contribution in [0.15, 0.2) is 6.07 Å². The number of amides is 1. The van der Waals surface area contributed by atoms with Crippen molar-refractivity contribution in [3.8, 4) is 0 Å². The molecule has 18 heavy (non-hydrogen) atoms. The van der Waals surface area contributed by atoms with Crippen LogP contribution in [0.2, 0.25) is 0 Å². The number of halogens is 1. The van der Waals surface area contributed by atoms with Crippen molar-refractivity contribution in [2.45, 2.75) is 38.6 Å². The van der Waals surface area contributed by atoms with Crippen molar-refractivity contribution in [1.82, 2.24) is 14.7 Å². The van der Waals surface area contributed by atoms with E-state index in [4.69, 9.17) is 0 Å². The van der Waals surface area contributed by atoms with Gasteiger partial charge in [0.05, 0.1) is 5.69 Å². The van der Waals surface area contributed by atoms with Crippen molar-refractivity contribution in [2.75, 3.05) is 11.9 Å². The van der Waals surface area contributed by atoms with Gasteiger partial charge in [-0.05, 0) is 38.7 Å². The molecule has 100 valence electrons. The molecular weight excluding hydrogens is 294 g/mol. The molecular formula is C13H20BrN3O. The highest BCUT2D eigenvalue weighted by Crippen LogP contribution is 2.24. The van der Waals surface area contributed by atoms with Crippen molar-refractivity contribution in [2.24, 2.45) is 7.05 Å². The third kappa shape index (κ3) is 2.76. The Bertz CT molecular complexity index is 430. The molecule has 1 atom stereocenters. The normalized spacial score (nSPS) is 19.5. The fourth-order valence-corrected chi connectivity index (χ4v) is 3.00. The number of rotatable bonds is 4. The van der Waals surface area contributed by atoms with Crippen molar-refractivity contribution in [1.29, 1.82) is 0 Å². The Hall–Kier alpha value is -0.840. The zero-order valence-electron chi connectivity index (χ0n) is 11.0. The summed E-state index contributed by atoms with van der Waals surface area (Å²) in [5, 5.41) is 5.26. The highest BCUT2D eigenvalue weighted by molar-refractivity contribution is 9.09. The van der Waals surface area contributed by atoms with Gasteiger partial charge in [0.15, 0.2) is 0 Å². The summed E-state index contributed by atoms with van der Waals surface area (Å²) < 4.78 is 1.69. The van der Waals surface area contributed by atoms with Gasteiger partial charge < -0.3 is 4.90 Å². The van der Waals surface area contributed by atoms with E-state index in [1.807, 2.05) is 24.9 Å². The first kappa shape index (κ1) is 13.6. The van der Waals surface area contributed by atoms with Crippen molar-refractivity contribution in [3.05, 3.63) is 17.5 Å². The molecule has 1 aliphatic rings. The molecule has 1 aliphatic heterocycles. The Balaban J connectivity index is 2.10. The minimum absolute atomic E-state index is 0.134. The summed E-state index contributed by atoms with van der Waals surface area (Å²) in [5.74, 6) is 0.134. The smallest absolute Gasteiger partial charge is 0.272 e. The lowest BCUT2D eigenvalue weighted by Gasteiger charge is -2.24. The molecule has 0 spiro atoms. The average molecular weight is 314 g/mol. The van der Waals surface area contributed by atoms with Crippen LogP contribution >= 0.6 is 15.9 Å². The molecule has 1 aromatic rings. The summed E-state index contributed by atoms with van der Waals surface area (Å²) in [6, 6.07) is 2.28. The SMILES string of the molecule is Cc1cc(C(=O)N2CCCC2CCCBr)n(C)n1. The quantitative estimate of drug-likeness (QED) is 0.801. The molecule has 0 saturated carbocycles. The van der Waals surface area contributed by atoms with Gasteiger partial charge in [-0.2, -0.15) is 5.10 Å². The molecule has 4 nitrogen and oxygen atoms in total. The monoisotopic (exact) mass is 313 g/mol. The first-order chi connectivity index (χ1) is 8.63. The summed E-state index contributed by atoms with van der Waals surface area (Å²) in [5.41, 5.74) is 1.61. The molecule has 2 heterocycles. The molecule has 0 bridgehead atoms. The van der Waals surface area contributed by atoms with E-state index in [0.717, 1.165) is 43.3 Å². The molecule has 1 saturated heterocycles. The van der Waals surface area contributed by atoms with Gasteiger partial charge in [0, 0.05) is 25.0 Å². The lowest BCUT2D eigenvalue weighted by molar-refractivity contribution is 0.0719. The van der Waals surface area contributed by atoms with E-state index in [1.54, 1.807) is 4.68 Å². The van der Waals surface area contributed by atoms with E-state index in [-0.39, 0.29) is 5.91 Å². The first-order valence-corrected chi connectivity index (χ1v) is 7.63. The van der Waals surface area contributed by atoms with Gasteiger partial charge in [0.2, 0.25) is 0 Å². The Kier molecular flexibility index (Phi) is 4.43. The Labute approximate surface area is 116 Å². The lowest BCUT2D eigenvalue weighted by Crippen LogP contribution is -2.36. The Morgan fingerprint density at radius 1 is 1.61 bits per heavy atom. The predicted octanol–water partition coefficient (Wildman–Crippen LogP) is 2.51. The molecule has 0 aliphatic carbocycles. The number of aromatic nitrogens is 2. The van der Waals surface area contributed by atoms with Gasteiger partial charge in [-0.3, -0.25) is 9.48 Å². The maximum atomic E-state index is 12.5. The molecule has 2 rings (SSSR count). The number of likely N-dealkylation sites (tertiary alicyclic amines) is 1. The van der Waals surface area contributed by atoms with Crippen LogP contribution in [0.4, 0.5) is 0 Å². The first-order valence-electron chi connectivity index (χ1n) is 6.51. The topological polar surface area (TPSA) is 38.1 Å². The molecule has 0 aromatic carbocycles. The molecule has 1 aromatic heterocycles. The maximum Gasteiger partial charge on any atom is 0.272 e. The number of nitrogens with zero attached hydrogens (tertiary/aromatic N) is 3. The summed E-state index contributed by atoms with van der Waals surface area (Å²) in [4.78, 5) is 14.5. The average Bonchev–Trinajstić information content (AvgIpc) is 2.92. The van der Waals surface area contributed by atoms with Crippen LogP contribution in [-0.4, -0.2) is 38.5 Å². The molecule has 1 unspecified atom stereocenters. The van der Waals surface area contributed by atoms with Gasteiger partial charge in [-0.1, -0.05) is 15.9 Å². The second-order valence-electron chi connectivity index (χ2n) is 4.92. The maximum absolute atomic E-state index is 12.5. The van der Waals surface area contributed by atoms with Gasteiger partial charge in [0.1, 0.15) is 5.69 Å². The van der Waals surface area contributed by atoms with E-state index in [0.29, 0.717) is 11.7 Å². The number of hydrogen-bond donors (Lipinski definition) is 0. The van der Waals surface area contributed by atoms with Crippen LogP contribution < -0.4 is 0 Å². The molecule has 0 radical (unpaired) electrons. The van der Waals surface area contributed by atoms with Crippen molar-refractivity contribution >= 4 is 21.8 Å². The van der Waals surface area contributed by atoms with Crippen molar-refractivity contribution < 1.29 is 4.79 Å². The summed E-state index contributed by atoms with van der Waals surface area (Å²) >= 11 is 3.46. The van der Waals surface area contributed by atoms with Crippen LogP contribution in [0.1, 0.15) is 41.9 Å². The third-order valence-electron chi connectivity index (χ3n) is 3.53. The number of hydrogen-bond acceptors (Lipinski definition) is 2. The predicted molar refractivity (Wildman–Crippen MR) is 75.0 cm³/mol. The number of carbonyl (C=O) groups excluding carboxylic acids is 1. The second-order valence-corrected chi connectivity index (χ2v) is 5.71. The number of carbonyl (C=O) groups is 1. The summed E-state index contributed by atoms with van der Waals surface area (Å²) in [6.45, 7) is 2.80. The van der Waals surface area contributed by atoms with E-state index in [9.17, 15) is 4.79 Å². The summed E-state index contributed by atoms with van der Waals surface area (Å²) in [6.07, 6.45) is 4.47. The summed E-state index contributed by atoms with van der Waals surface area (Å²) in [7, 11) is 1.84. The standard InChI is InChI=1S/C13H20BrN3O/c1-10-9-12(16(2)15-10)13(18)17-8-4-6-11(17)5-3-7-14/h9,11H,3-8H2,1-2H3. The molecule has 1 amide bonds. The Morgan fingerprint density at radius 2 is 2.39 bits per heavy atom. The zero-order chi connectivity index (χ0) is 13.1. The van der Waals surface area contributed by atoms with E-state index >= 15 is 0 Å². The van der Waals surface area contributed by atoms with E-state index in [2.05, 4.69) is 21.0 Å². The fourth-order valence-electron chi connectivity index (χ4n) is 2.67. The highest BCUT2D eigenvalue weighted by Gasteiger charge is 2.30. The third-order valence-corrected chi connectivity index (χ3v) is 4.09. The van der Waals surface area contributed by atoms with E-state index < -0.39 is 0 Å². The van der Waals surface area contributed by atoms with E-state index in [1.165, 1.54) is 0 Å². The minimum Gasteiger partial charge on any atom is -0.334 e. The minimum atomic E-state index is 0.134. The number of aryl methyl sites for hydroxylation is 2. The van der Waals surface area contributed by atoms with Gasteiger partial charge in [-0.25, -0.2) is 0 Å². The molecule has 5 heteroatoms. The van der Waals surface area contributed by atoms with Gasteiger partial charge in [0.25, 0.3) is 5.91 Å².